The Bertz CT molecular complexity index is 1820. The number of rotatable bonds is 7. The SMILES string of the molecule is COC(=O)c1c(Cc2ccc(C(=O)NC3[C@@H]4CC5C[C@H]3CC(O)(C5)C4)cc2OC)c(=O)c2cccnc2n1-c1ccccc1. The second-order valence-corrected chi connectivity index (χ2v) is 12.6. The highest BCUT2D eigenvalue weighted by atomic mass is 16.5. The van der Waals surface area contributed by atoms with Crippen LogP contribution in [0.3, 0.4) is 0 Å². The van der Waals surface area contributed by atoms with Crippen LogP contribution in [0.1, 0.15) is 64.1 Å². The van der Waals surface area contributed by atoms with Gasteiger partial charge in [-0.25, -0.2) is 9.78 Å². The van der Waals surface area contributed by atoms with Crippen LogP contribution in [0.5, 0.6) is 5.75 Å². The summed E-state index contributed by atoms with van der Waals surface area (Å²) in [6, 6.07) is 17.9. The number of nitrogens with one attached hydrogen (secondary N) is 1. The number of hydrogen-bond donors (Lipinski definition) is 2. The second kappa shape index (κ2) is 10.9. The van der Waals surface area contributed by atoms with Gasteiger partial charge in [-0.15, -0.1) is 0 Å². The number of amides is 1. The molecule has 2 N–H and O–H groups in total. The third kappa shape index (κ3) is 4.76. The number of aliphatic hydroxyl groups is 1. The van der Waals surface area contributed by atoms with Crippen molar-refractivity contribution in [3.63, 3.8) is 0 Å². The van der Waals surface area contributed by atoms with Crippen LogP contribution in [0, 0.1) is 17.8 Å². The van der Waals surface area contributed by atoms with Gasteiger partial charge in [0.15, 0.2) is 5.43 Å². The summed E-state index contributed by atoms with van der Waals surface area (Å²) in [7, 11) is 2.80. The lowest BCUT2D eigenvalue weighted by Crippen LogP contribution is -2.61. The average molecular weight is 594 g/mol. The fraction of sp³-hybridized carbons (Fsp3) is 0.371. The Labute approximate surface area is 254 Å². The number of methoxy groups -OCH3 is 2. The summed E-state index contributed by atoms with van der Waals surface area (Å²) in [4.78, 5) is 45.2. The molecule has 9 nitrogen and oxygen atoms in total. The molecule has 5 atom stereocenters. The molecule has 4 bridgehead atoms. The number of pyridine rings is 2. The zero-order valence-electron chi connectivity index (χ0n) is 24.8. The van der Waals surface area contributed by atoms with Crippen LogP contribution in [0.25, 0.3) is 16.7 Å². The number of hydrogen-bond acceptors (Lipinski definition) is 7. The average Bonchev–Trinajstić information content (AvgIpc) is 3.03. The summed E-state index contributed by atoms with van der Waals surface area (Å²) in [5.74, 6) is 0.730. The van der Waals surface area contributed by atoms with Crippen molar-refractivity contribution in [2.75, 3.05) is 14.2 Å². The Morgan fingerprint density at radius 3 is 2.45 bits per heavy atom. The first-order valence-corrected chi connectivity index (χ1v) is 15.1. The van der Waals surface area contributed by atoms with Crippen LogP contribution in [0.15, 0.2) is 71.7 Å². The topological polar surface area (TPSA) is 120 Å². The van der Waals surface area contributed by atoms with E-state index in [9.17, 15) is 19.5 Å². The normalized spacial score (nSPS) is 25.2. The third-order valence-corrected chi connectivity index (χ3v) is 9.87. The van der Waals surface area contributed by atoms with Crippen LogP contribution in [-0.4, -0.2) is 52.4 Å². The Hall–Kier alpha value is -4.50. The summed E-state index contributed by atoms with van der Waals surface area (Å²) in [5, 5.41) is 14.6. The van der Waals surface area contributed by atoms with E-state index in [4.69, 9.17) is 9.47 Å². The van der Waals surface area contributed by atoms with Crippen LogP contribution in [0.4, 0.5) is 0 Å². The smallest absolute Gasteiger partial charge is 0.355 e. The van der Waals surface area contributed by atoms with Gasteiger partial charge in [0.25, 0.3) is 5.91 Å². The summed E-state index contributed by atoms with van der Waals surface area (Å²) in [6.45, 7) is 0. The second-order valence-electron chi connectivity index (χ2n) is 12.6. The van der Waals surface area contributed by atoms with Gasteiger partial charge in [0.2, 0.25) is 0 Å². The molecule has 4 aromatic rings. The van der Waals surface area contributed by atoms with Gasteiger partial charge in [0.05, 0.1) is 25.2 Å². The molecule has 9 heteroatoms. The summed E-state index contributed by atoms with van der Waals surface area (Å²) in [5.41, 5.74) is 1.54. The monoisotopic (exact) mass is 593 g/mol. The first-order valence-electron chi connectivity index (χ1n) is 15.1. The number of para-hydroxylation sites is 1. The van der Waals surface area contributed by atoms with Crippen LogP contribution in [0.2, 0.25) is 0 Å². The van der Waals surface area contributed by atoms with Crippen molar-refractivity contribution >= 4 is 22.9 Å². The first-order chi connectivity index (χ1) is 21.3. The van der Waals surface area contributed by atoms with Gasteiger partial charge in [0, 0.05) is 35.5 Å². The van der Waals surface area contributed by atoms with E-state index in [-0.39, 0.29) is 35.1 Å². The van der Waals surface area contributed by atoms with E-state index in [1.807, 2.05) is 30.3 Å². The van der Waals surface area contributed by atoms with E-state index in [1.54, 1.807) is 41.1 Å². The molecule has 2 aromatic carbocycles. The quantitative estimate of drug-likeness (QED) is 0.304. The molecule has 226 valence electrons. The lowest BCUT2D eigenvalue weighted by molar-refractivity contribution is -0.136. The van der Waals surface area contributed by atoms with Crippen molar-refractivity contribution in [1.29, 1.82) is 0 Å². The Balaban J connectivity index is 1.25. The number of fused-ring (bicyclic) bond motifs is 1. The number of carbonyl (C=O) groups is 2. The van der Waals surface area contributed by atoms with Gasteiger partial charge in [-0.3, -0.25) is 14.2 Å². The van der Waals surface area contributed by atoms with Crippen molar-refractivity contribution in [3.05, 3.63) is 99.5 Å². The third-order valence-electron chi connectivity index (χ3n) is 9.87. The van der Waals surface area contributed by atoms with Crippen LogP contribution >= 0.6 is 0 Å². The maximum Gasteiger partial charge on any atom is 0.355 e. The molecular weight excluding hydrogens is 558 g/mol. The predicted octanol–water partition coefficient (Wildman–Crippen LogP) is 4.44. The Morgan fingerprint density at radius 1 is 1.02 bits per heavy atom. The van der Waals surface area contributed by atoms with Crippen molar-refractivity contribution in [1.82, 2.24) is 14.9 Å². The lowest BCUT2D eigenvalue weighted by Gasteiger charge is -2.58. The highest BCUT2D eigenvalue weighted by molar-refractivity contribution is 5.96. The highest BCUT2D eigenvalue weighted by Crippen LogP contribution is 2.55. The van der Waals surface area contributed by atoms with Gasteiger partial charge in [-0.05, 0) is 91.8 Å². The molecule has 0 saturated heterocycles. The minimum absolute atomic E-state index is 0.0512. The zero-order valence-corrected chi connectivity index (χ0v) is 24.8. The minimum atomic E-state index is -0.663. The van der Waals surface area contributed by atoms with Gasteiger partial charge >= 0.3 is 5.97 Å². The molecular formula is C35H35N3O6. The van der Waals surface area contributed by atoms with Crippen molar-refractivity contribution in [2.45, 2.75) is 50.2 Å². The largest absolute Gasteiger partial charge is 0.496 e. The number of ether oxygens (including phenoxy) is 2. The molecule has 8 rings (SSSR count). The summed E-state index contributed by atoms with van der Waals surface area (Å²) >= 11 is 0. The molecule has 0 aliphatic heterocycles. The number of carbonyl (C=O) groups excluding carboxylic acids is 2. The van der Waals surface area contributed by atoms with Gasteiger partial charge in [0.1, 0.15) is 17.1 Å². The van der Waals surface area contributed by atoms with Crippen molar-refractivity contribution in [3.8, 4) is 11.4 Å². The fourth-order valence-electron chi connectivity index (χ4n) is 8.24. The van der Waals surface area contributed by atoms with Crippen molar-refractivity contribution in [2.24, 2.45) is 17.8 Å². The molecule has 3 unspecified atom stereocenters. The van der Waals surface area contributed by atoms with E-state index in [0.717, 1.165) is 32.1 Å². The molecule has 0 radical (unpaired) electrons. The van der Waals surface area contributed by atoms with Crippen molar-refractivity contribution < 1.29 is 24.2 Å². The minimum Gasteiger partial charge on any atom is -0.496 e. The number of benzene rings is 2. The molecule has 4 aliphatic rings. The van der Waals surface area contributed by atoms with E-state index < -0.39 is 11.6 Å². The van der Waals surface area contributed by atoms with Gasteiger partial charge < -0.3 is 19.9 Å². The van der Waals surface area contributed by atoms with E-state index in [2.05, 4.69) is 10.3 Å². The molecule has 2 aromatic heterocycles. The fourth-order valence-corrected chi connectivity index (χ4v) is 8.24. The molecule has 4 aliphatic carbocycles. The summed E-state index contributed by atoms with van der Waals surface area (Å²) < 4.78 is 12.6. The Kier molecular flexibility index (Phi) is 7.00. The van der Waals surface area contributed by atoms with Gasteiger partial charge in [-0.1, -0.05) is 24.3 Å². The van der Waals surface area contributed by atoms with Crippen LogP contribution in [-0.2, 0) is 11.2 Å². The number of aromatic nitrogens is 2. The number of esters is 1. The maximum atomic E-state index is 13.9. The maximum absolute atomic E-state index is 13.9. The molecule has 44 heavy (non-hydrogen) atoms. The standard InChI is InChI=1S/C35H35N3O6/c1-43-28-16-22(33(40)37-29-23-13-20-14-24(29)19-35(42,17-20)18-23)11-10-21(28)15-27-30(34(41)44-2)38(25-7-4-3-5-8-25)32-26(31(27)39)9-6-12-36-32/h3-12,16,20,23-24,29,42H,13-15,17-19H2,1-2H3,(H,37,40)/t20?,23-,24+,29?,35?. The zero-order chi connectivity index (χ0) is 30.6. The number of nitrogens with zero attached hydrogens (tertiary/aromatic N) is 2. The molecule has 0 spiro atoms. The molecule has 4 saturated carbocycles. The summed E-state index contributed by atoms with van der Waals surface area (Å²) in [6.07, 6.45) is 6.14. The molecule has 4 fully saturated rings. The predicted molar refractivity (Wildman–Crippen MR) is 164 cm³/mol. The Morgan fingerprint density at radius 2 is 1.77 bits per heavy atom. The lowest BCUT2D eigenvalue weighted by atomic mass is 9.52. The van der Waals surface area contributed by atoms with Gasteiger partial charge in [-0.2, -0.15) is 0 Å². The van der Waals surface area contributed by atoms with Crippen LogP contribution < -0.4 is 15.5 Å². The first kappa shape index (κ1) is 28.3. The van der Waals surface area contributed by atoms with E-state index in [1.165, 1.54) is 14.2 Å². The van der Waals surface area contributed by atoms with E-state index >= 15 is 0 Å². The van der Waals surface area contributed by atoms with E-state index in [0.29, 0.717) is 51.4 Å². The molecule has 1 amide bonds. The highest BCUT2D eigenvalue weighted by Gasteiger charge is 2.55. The molecule has 2 heterocycles.